The number of hydrogen-bond acceptors (Lipinski definition) is 21. The van der Waals surface area contributed by atoms with Crippen LogP contribution in [0.2, 0.25) is 0 Å². The quantitative estimate of drug-likeness (QED) is 0.0155. The summed E-state index contributed by atoms with van der Waals surface area (Å²) in [5.41, 5.74) is 28.1. The van der Waals surface area contributed by atoms with Crippen molar-refractivity contribution in [3.05, 3.63) is 306 Å². The first-order valence-electron chi connectivity index (χ1n) is 45.1. The number of ether oxygens (including phenoxy) is 1. The van der Waals surface area contributed by atoms with Gasteiger partial charge in [0.2, 0.25) is 10.7 Å². The summed E-state index contributed by atoms with van der Waals surface area (Å²) in [7, 11) is -15.7. The third-order valence-electron chi connectivity index (χ3n) is 20.7. The summed E-state index contributed by atoms with van der Waals surface area (Å²) in [5, 5.41) is 32.5. The van der Waals surface area contributed by atoms with E-state index in [1.165, 1.54) is 95.4 Å². The van der Waals surface area contributed by atoms with Crippen LogP contribution >= 0.6 is 42.5 Å². The zero-order valence-corrected chi connectivity index (χ0v) is 95.5. The first-order valence-corrected chi connectivity index (χ1v) is 61.0. The summed E-state index contributed by atoms with van der Waals surface area (Å²) in [4.78, 5) is 64.3. The molecule has 12 heterocycles. The first kappa shape index (κ1) is 134. The summed E-state index contributed by atoms with van der Waals surface area (Å²) in [6.45, 7) is 46.0. The van der Waals surface area contributed by atoms with Gasteiger partial charge in [-0.3, -0.25) is 63.4 Å². The molecule has 41 heteroatoms. The predicted octanol–water partition coefficient (Wildman–Crippen LogP) is 28.2. The molecule has 0 amide bonds. The van der Waals surface area contributed by atoms with Gasteiger partial charge in [0.25, 0.3) is 0 Å². The van der Waals surface area contributed by atoms with Crippen LogP contribution in [0.1, 0.15) is 102 Å². The van der Waals surface area contributed by atoms with E-state index in [0.717, 1.165) is 210 Å². The summed E-state index contributed by atoms with van der Waals surface area (Å²) >= 11 is 9.06. The van der Waals surface area contributed by atoms with Crippen molar-refractivity contribution < 1.29 is 128 Å². The number of carbonyl (C=O) groups excluding carboxylic acids is 2. The molecule has 0 saturated heterocycles. The smallest absolute Gasteiger partial charge is 0.282 e. The van der Waals surface area contributed by atoms with Crippen LogP contribution in [0.15, 0.2) is 265 Å². The maximum Gasteiger partial charge on any atom is -0.282 e. The number of halogens is 14. The minimum Gasteiger partial charge on any atom is -0.545 e. The van der Waals surface area contributed by atoms with Crippen LogP contribution in [0.25, 0.3) is 124 Å². The van der Waals surface area contributed by atoms with Gasteiger partial charge in [-0.2, -0.15) is 0 Å². The average molecular weight is 2580 g/mol. The molecule has 0 bridgehead atoms. The van der Waals surface area contributed by atoms with Crippen molar-refractivity contribution in [3.8, 4) is 108 Å². The number of anilines is 2. The molecule has 16 rings (SSSR count). The molecule has 0 spiro atoms. The van der Waals surface area contributed by atoms with Crippen molar-refractivity contribution >= 4 is 89.4 Å². The van der Waals surface area contributed by atoms with E-state index < -0.39 is 15.6 Å². The standard InChI is InChI=1S/2C32H35N4O.C12H12N2O.2C12H12N2.4CH4O.2CHO.CH4.2BrH.2F6P.2Re/c2*1-6-35(7-2)24-10-12-26-30(20-24)37-31-21-25(36(8-3)9-4)11-13-27(31)32(26)23-15-17-34-29(19-23)28-18-22(5)14-16-33-28;1-9-3-5-13-11(7-9)12-8-10(15-2)4-6-14-12;2*1-9-3-5-13-11(7-9)12-8-10(2)4-6-14-12;6*1-2;;;;2*1-7(2,3,4,5)6;;/h2*10-21H,6-9H2,1-5H3;3-8H,1-2H3;2*3-8H,1-2H3;4*2H,1H3;2*1H;1H4;2*1H;;;;/q2*+1;;;;;;;;2*-1;;;;2*-1;2*+1/p-2. The number of aliphatic hydroxyl groups is 4. The van der Waals surface area contributed by atoms with E-state index in [-0.39, 0.29) is 7.43 Å². The maximum atomic E-state index is 9.87. The third kappa shape index (κ3) is 46.5. The largest absolute Gasteiger partial charge is 0.545 e. The van der Waals surface area contributed by atoms with Gasteiger partial charge in [-0.05, 0) is 306 Å². The molecule has 2 aromatic carbocycles. The molecule has 0 radical (unpaired) electrons. The van der Waals surface area contributed by atoms with Crippen LogP contribution < -0.4 is 34.4 Å². The van der Waals surface area contributed by atoms with Crippen LogP contribution in [-0.4, -0.2) is 172 Å². The topological polar surface area (TPSA) is 292 Å². The van der Waals surface area contributed by atoms with Gasteiger partial charge in [0.1, 0.15) is 54.6 Å². The number of rotatable bonds is 18. The molecule has 23 nitrogen and oxygen atoms in total. The van der Waals surface area contributed by atoms with Crippen LogP contribution in [0, 0.1) is 48.5 Å². The molecule has 148 heavy (non-hydrogen) atoms. The second-order valence-electron chi connectivity index (χ2n) is 30.8. The fourth-order valence-corrected chi connectivity index (χ4v) is 14.4. The molecular weight excluding hydrogens is 2450 g/mol. The third-order valence-corrected chi connectivity index (χ3v) is 20.7. The molecule has 4 aliphatic rings. The molecule has 4 N–H and O–H groups in total. The van der Waals surface area contributed by atoms with E-state index in [0.29, 0.717) is 0 Å². The minimum absolute atomic E-state index is 0. The summed E-state index contributed by atoms with van der Waals surface area (Å²) in [6, 6.07) is 66.7. The van der Waals surface area contributed by atoms with E-state index in [9.17, 15) is 50.4 Å². The number of hydrogen-bond donors (Lipinski definition) is 4. The van der Waals surface area contributed by atoms with E-state index >= 15 is 0 Å². The SMILES string of the molecule is C.CCN(CC)c1ccc2c(-c3ccnc(-c4cc(C)ccn4)c3)c3ccc(=[N+](CC)CC)cc-3oc2c1.CCN(CC)c1ccc2c(-c3ccnc(-c4cc(C)ccn4)c3)c3ccc(=[N+](CC)CC)cc-3oc2c1.CO.CO.CO.CO.COc1ccnc(-c2cc(C)ccn2)c1.Cc1ccnc(-c2cc(C)ccn2)c1.Cc1ccnc(-c2cc(C)ccn2)c1.F[P-](F)(F)(F)(F)F.F[P-](F)(F)(F)(F)F.[Br][Re].[Br][Re].[CH-]=O.[CH-]=O. The number of benzene rings is 4. The molecule has 2 aliphatic carbocycles. The molecule has 2 aliphatic heterocycles. The van der Waals surface area contributed by atoms with Crippen molar-refractivity contribution in [3.63, 3.8) is 0 Å². The Hall–Kier alpha value is -11.8. The average Bonchev–Trinajstić information content (AvgIpc) is 0.746. The second-order valence-corrected chi connectivity index (χ2v) is 34.6. The fourth-order valence-electron chi connectivity index (χ4n) is 14.4. The Labute approximate surface area is 892 Å². The number of nitrogens with zero attached hydrogens (tertiary/aromatic N) is 14. The van der Waals surface area contributed by atoms with Crippen molar-refractivity contribution in [1.29, 1.82) is 0 Å². The van der Waals surface area contributed by atoms with E-state index in [1.807, 2.05) is 141 Å². The van der Waals surface area contributed by atoms with Crippen LogP contribution in [0.4, 0.5) is 61.7 Å². The van der Waals surface area contributed by atoms with E-state index in [1.54, 1.807) is 19.5 Å². The Bertz CT molecular complexity index is 6360. The van der Waals surface area contributed by atoms with Crippen molar-refractivity contribution in [2.75, 3.05) is 97.7 Å². The van der Waals surface area contributed by atoms with Gasteiger partial charge in [0.05, 0.1) is 76.2 Å². The molecule has 0 fully saturated rings. The van der Waals surface area contributed by atoms with Gasteiger partial charge < -0.3 is 53.4 Å². The molecule has 804 valence electrons. The summed E-state index contributed by atoms with van der Waals surface area (Å²) in [5.74, 6) is 2.56. The van der Waals surface area contributed by atoms with Gasteiger partial charge in [-0.15, -0.1) is 0 Å². The Kier molecular flexibility index (Phi) is 58.0. The molecule has 12 aromatic rings. The van der Waals surface area contributed by atoms with Gasteiger partial charge in [0, 0.05) is 191 Å². The predicted molar refractivity (Wildman–Crippen MR) is 578 cm³/mol. The Balaban J connectivity index is 0.000000905. The summed E-state index contributed by atoms with van der Waals surface area (Å²) < 4.78 is 141. The fraction of sp³-hybridized carbons (Fsp3) is 0.271. The molecule has 0 unspecified atom stereocenters. The van der Waals surface area contributed by atoms with Gasteiger partial charge in [0.15, 0.2) is 0 Å². The molecular formula is C107H128Br2F12N14O9P2Re2-2. The zero-order chi connectivity index (χ0) is 111. The Morgan fingerprint density at radius 2 is 0.520 bits per heavy atom. The molecule has 10 aromatic heterocycles. The second kappa shape index (κ2) is 63.9. The van der Waals surface area contributed by atoms with Gasteiger partial charge in [-0.25, -0.2) is 9.15 Å². The van der Waals surface area contributed by atoms with Gasteiger partial charge >= 0.3 is 127 Å². The van der Waals surface area contributed by atoms with Crippen LogP contribution in [0.5, 0.6) is 5.75 Å². The maximum absolute atomic E-state index is 10.7. The van der Waals surface area contributed by atoms with Crippen molar-refractivity contribution in [1.82, 2.24) is 59.0 Å². The number of methoxy groups -OCH3 is 1. The van der Waals surface area contributed by atoms with E-state index in [4.69, 9.17) is 43.6 Å². The van der Waals surface area contributed by atoms with Crippen molar-refractivity contribution in [2.24, 2.45) is 0 Å². The van der Waals surface area contributed by atoms with Crippen molar-refractivity contribution in [2.45, 2.75) is 111 Å². The van der Waals surface area contributed by atoms with Crippen LogP contribution in [0.3, 0.4) is 0 Å². The number of pyridine rings is 10. The van der Waals surface area contributed by atoms with Gasteiger partial charge in [-0.1, -0.05) is 7.43 Å². The number of aryl methyl sites for hydroxylation is 7. The van der Waals surface area contributed by atoms with E-state index in [2.05, 4.69) is 315 Å². The number of fused-ring (bicyclic) bond motifs is 4. The number of aliphatic hydroxyl groups excluding tert-OH is 4. The molecule has 0 saturated carbocycles. The zero-order valence-electron chi connectivity index (χ0n) is 85.1. The summed E-state index contributed by atoms with van der Waals surface area (Å²) in [6.07, 6.45) is 18.2. The molecule has 0 atom stereocenters. The number of aromatic nitrogens is 10. The first-order chi connectivity index (χ1) is 69.8. The minimum atomic E-state index is -10.7. The Morgan fingerprint density at radius 1 is 0.311 bits per heavy atom. The monoisotopic (exact) mass is 2570 g/mol. The van der Waals surface area contributed by atoms with Crippen LogP contribution in [-0.2, 0) is 44.0 Å². The Morgan fingerprint density at radius 3 is 0.730 bits per heavy atom. The normalized spacial score (nSPS) is 11.1.